The van der Waals surface area contributed by atoms with Crippen molar-refractivity contribution in [2.24, 2.45) is 5.10 Å². The number of phenols is 1. The van der Waals surface area contributed by atoms with Crippen LogP contribution in [0.2, 0.25) is 0 Å². The summed E-state index contributed by atoms with van der Waals surface area (Å²) in [5.41, 5.74) is 4.79. The maximum atomic E-state index is 12.0. The number of nitrogens with zero attached hydrogens (tertiary/aromatic N) is 3. The van der Waals surface area contributed by atoms with Crippen molar-refractivity contribution in [3.05, 3.63) is 59.5 Å². The summed E-state index contributed by atoms with van der Waals surface area (Å²) in [6, 6.07) is 12.2. The second kappa shape index (κ2) is 7.47. The van der Waals surface area contributed by atoms with E-state index in [9.17, 15) is 9.90 Å². The number of rotatable bonds is 5. The number of methoxy groups -OCH3 is 1. The largest absolute Gasteiger partial charge is 0.504 e. The van der Waals surface area contributed by atoms with Crippen molar-refractivity contribution >= 4 is 12.1 Å². The van der Waals surface area contributed by atoms with E-state index in [1.807, 2.05) is 31.2 Å². The molecule has 0 saturated carbocycles. The zero-order valence-electron chi connectivity index (χ0n) is 14.1. The van der Waals surface area contributed by atoms with Gasteiger partial charge in [-0.05, 0) is 30.7 Å². The van der Waals surface area contributed by atoms with Crippen LogP contribution in [0.5, 0.6) is 11.5 Å². The number of aromatic hydroxyl groups is 1. The first-order chi connectivity index (χ1) is 12.6. The highest BCUT2D eigenvalue weighted by molar-refractivity contribution is 5.91. The van der Waals surface area contributed by atoms with Crippen LogP contribution in [0.4, 0.5) is 0 Å². The van der Waals surface area contributed by atoms with E-state index in [0.29, 0.717) is 17.1 Å². The van der Waals surface area contributed by atoms with E-state index >= 15 is 0 Å². The fourth-order valence-electron chi connectivity index (χ4n) is 2.12. The van der Waals surface area contributed by atoms with E-state index in [4.69, 9.17) is 9.26 Å². The van der Waals surface area contributed by atoms with Gasteiger partial charge in [-0.15, -0.1) is 0 Å². The normalized spacial score (nSPS) is 10.8. The summed E-state index contributed by atoms with van der Waals surface area (Å²) in [6.07, 6.45) is 1.40. The van der Waals surface area contributed by atoms with E-state index in [2.05, 4.69) is 20.7 Å². The summed E-state index contributed by atoms with van der Waals surface area (Å²) in [4.78, 5) is 16.1. The molecule has 8 heteroatoms. The van der Waals surface area contributed by atoms with Crippen LogP contribution in [0.3, 0.4) is 0 Å². The number of benzene rings is 2. The minimum absolute atomic E-state index is 0.0168. The van der Waals surface area contributed by atoms with Gasteiger partial charge in [0.05, 0.1) is 13.3 Å². The predicted molar refractivity (Wildman–Crippen MR) is 94.2 cm³/mol. The maximum absolute atomic E-state index is 12.0. The van der Waals surface area contributed by atoms with E-state index in [1.54, 1.807) is 12.1 Å². The first kappa shape index (κ1) is 17.2. The number of hydrogen-bond donors (Lipinski definition) is 2. The Kier molecular flexibility index (Phi) is 4.93. The molecule has 8 nitrogen and oxygen atoms in total. The zero-order chi connectivity index (χ0) is 18.5. The number of hydrogen-bond acceptors (Lipinski definition) is 7. The van der Waals surface area contributed by atoms with Crippen molar-refractivity contribution in [1.29, 1.82) is 0 Å². The smallest absolute Gasteiger partial charge is 0.329 e. The number of hydrazone groups is 1. The molecule has 1 aromatic heterocycles. The molecule has 2 aromatic carbocycles. The van der Waals surface area contributed by atoms with Crippen LogP contribution in [-0.2, 0) is 0 Å². The quantitative estimate of drug-likeness (QED) is 0.539. The number of amides is 1. The number of aryl methyl sites for hydroxylation is 1. The van der Waals surface area contributed by atoms with Crippen molar-refractivity contribution in [3.8, 4) is 22.9 Å². The highest BCUT2D eigenvalue weighted by atomic mass is 16.5. The zero-order valence-corrected chi connectivity index (χ0v) is 14.1. The number of aromatic nitrogens is 2. The maximum Gasteiger partial charge on any atom is 0.329 e. The molecular formula is C18H16N4O4. The highest BCUT2D eigenvalue weighted by Gasteiger charge is 2.15. The molecular weight excluding hydrogens is 336 g/mol. The summed E-state index contributed by atoms with van der Waals surface area (Å²) in [6.45, 7) is 1.97. The molecule has 132 valence electrons. The molecule has 0 aliphatic heterocycles. The monoisotopic (exact) mass is 352 g/mol. The number of ether oxygens (including phenoxy) is 1. The number of phenolic OH excluding ortho intramolecular Hbond substituents is 1. The van der Waals surface area contributed by atoms with Crippen molar-refractivity contribution in [1.82, 2.24) is 15.6 Å². The molecule has 0 radical (unpaired) electrons. The van der Waals surface area contributed by atoms with Crippen molar-refractivity contribution in [3.63, 3.8) is 0 Å². The summed E-state index contributed by atoms with van der Waals surface area (Å²) < 4.78 is 9.97. The van der Waals surface area contributed by atoms with Gasteiger partial charge in [-0.3, -0.25) is 4.79 Å². The third kappa shape index (κ3) is 3.86. The molecule has 0 unspecified atom stereocenters. The Hall–Kier alpha value is -3.68. The predicted octanol–water partition coefficient (Wildman–Crippen LogP) is 2.52. The van der Waals surface area contributed by atoms with Gasteiger partial charge in [0.25, 0.3) is 0 Å². The highest BCUT2D eigenvalue weighted by Crippen LogP contribution is 2.25. The second-order valence-electron chi connectivity index (χ2n) is 5.42. The molecule has 0 aliphatic rings. The van der Waals surface area contributed by atoms with Crippen LogP contribution in [0.15, 0.2) is 52.1 Å². The van der Waals surface area contributed by atoms with Gasteiger partial charge in [0.2, 0.25) is 5.82 Å². The van der Waals surface area contributed by atoms with Gasteiger partial charge in [0, 0.05) is 5.56 Å². The standard InChI is InChI=1S/C18H16N4O4/c1-11-3-6-13(7-4-11)16-20-18(26-22-16)17(24)21-19-10-12-5-8-14(23)15(9-12)25-2/h3-10,23H,1-2H3,(H,21,24)/b19-10+. The molecule has 1 heterocycles. The first-order valence-electron chi connectivity index (χ1n) is 7.68. The lowest BCUT2D eigenvalue weighted by molar-refractivity contribution is 0.0911. The van der Waals surface area contributed by atoms with Crippen LogP contribution in [0, 0.1) is 6.92 Å². The van der Waals surface area contributed by atoms with E-state index in [1.165, 1.54) is 19.4 Å². The van der Waals surface area contributed by atoms with Crippen molar-refractivity contribution in [2.45, 2.75) is 6.92 Å². The third-order valence-corrected chi connectivity index (χ3v) is 3.51. The summed E-state index contributed by atoms with van der Waals surface area (Å²) in [5.74, 6) is -0.177. The van der Waals surface area contributed by atoms with Gasteiger partial charge in [0.15, 0.2) is 11.5 Å². The van der Waals surface area contributed by atoms with Gasteiger partial charge in [0.1, 0.15) is 0 Å². The lowest BCUT2D eigenvalue weighted by Gasteiger charge is -2.03. The fourth-order valence-corrected chi connectivity index (χ4v) is 2.12. The Morgan fingerprint density at radius 1 is 1.27 bits per heavy atom. The minimum Gasteiger partial charge on any atom is -0.504 e. The number of nitrogens with one attached hydrogen (secondary N) is 1. The Bertz CT molecular complexity index is 948. The average Bonchev–Trinajstić information content (AvgIpc) is 3.14. The summed E-state index contributed by atoms with van der Waals surface area (Å²) >= 11 is 0. The second-order valence-corrected chi connectivity index (χ2v) is 5.42. The lowest BCUT2D eigenvalue weighted by Crippen LogP contribution is -2.18. The number of carbonyl (C=O) groups excluding carboxylic acids is 1. The van der Waals surface area contributed by atoms with Crippen LogP contribution < -0.4 is 10.2 Å². The SMILES string of the molecule is COc1cc(/C=N/NC(=O)c2nc(-c3ccc(C)cc3)no2)ccc1O. The molecule has 3 aromatic rings. The Morgan fingerprint density at radius 3 is 2.77 bits per heavy atom. The van der Waals surface area contributed by atoms with Crippen LogP contribution >= 0.6 is 0 Å². The van der Waals surface area contributed by atoms with Crippen molar-refractivity contribution in [2.75, 3.05) is 7.11 Å². The van der Waals surface area contributed by atoms with Gasteiger partial charge in [-0.2, -0.15) is 10.1 Å². The molecule has 0 saturated heterocycles. The molecule has 0 aliphatic carbocycles. The molecule has 26 heavy (non-hydrogen) atoms. The van der Waals surface area contributed by atoms with Gasteiger partial charge in [-0.25, -0.2) is 5.43 Å². The minimum atomic E-state index is -0.627. The topological polar surface area (TPSA) is 110 Å². The van der Waals surface area contributed by atoms with Gasteiger partial charge >= 0.3 is 11.8 Å². The van der Waals surface area contributed by atoms with E-state index in [0.717, 1.165) is 11.1 Å². The fraction of sp³-hybridized carbons (Fsp3) is 0.111. The lowest BCUT2D eigenvalue weighted by atomic mass is 10.1. The van der Waals surface area contributed by atoms with Crippen LogP contribution in [-0.4, -0.2) is 34.5 Å². The van der Waals surface area contributed by atoms with Crippen molar-refractivity contribution < 1.29 is 19.2 Å². The van der Waals surface area contributed by atoms with E-state index < -0.39 is 5.91 Å². The molecule has 3 rings (SSSR count). The molecule has 0 fully saturated rings. The summed E-state index contributed by atoms with van der Waals surface area (Å²) in [7, 11) is 1.44. The molecule has 0 atom stereocenters. The van der Waals surface area contributed by atoms with Gasteiger partial charge < -0.3 is 14.4 Å². The Balaban J connectivity index is 1.66. The van der Waals surface area contributed by atoms with Crippen LogP contribution in [0.1, 0.15) is 21.8 Å². The van der Waals surface area contributed by atoms with Crippen LogP contribution in [0.25, 0.3) is 11.4 Å². The molecule has 1 amide bonds. The number of carbonyl (C=O) groups is 1. The molecule has 0 bridgehead atoms. The molecule has 0 spiro atoms. The molecule has 2 N–H and O–H groups in total. The average molecular weight is 352 g/mol. The Morgan fingerprint density at radius 2 is 2.04 bits per heavy atom. The van der Waals surface area contributed by atoms with E-state index in [-0.39, 0.29) is 11.6 Å². The third-order valence-electron chi connectivity index (χ3n) is 3.51. The van der Waals surface area contributed by atoms with Gasteiger partial charge in [-0.1, -0.05) is 35.0 Å². The Labute approximate surface area is 149 Å². The first-order valence-corrected chi connectivity index (χ1v) is 7.68. The summed E-state index contributed by atoms with van der Waals surface area (Å²) in [5, 5.41) is 17.2.